The lowest BCUT2D eigenvalue weighted by atomic mass is 10.1. The number of halogens is 2. The van der Waals surface area contributed by atoms with Gasteiger partial charge < -0.3 is 15.5 Å². The van der Waals surface area contributed by atoms with Gasteiger partial charge in [0.15, 0.2) is 5.96 Å². The van der Waals surface area contributed by atoms with Crippen LogP contribution < -0.4 is 10.6 Å². The number of nitrogens with one attached hydrogen (secondary N) is 2. The second-order valence-electron chi connectivity index (χ2n) is 6.30. The number of nitrogens with zero attached hydrogens (tertiary/aromatic N) is 4. The van der Waals surface area contributed by atoms with Gasteiger partial charge in [0, 0.05) is 37.4 Å². The predicted octanol–water partition coefficient (Wildman–Crippen LogP) is 3.22. The van der Waals surface area contributed by atoms with E-state index in [4.69, 9.17) is 11.6 Å². The SMILES string of the molecule is CN=C(NCC(c1cnn(C)c1)N(C)C)NC(C)c1cccc(Cl)c1.I. The van der Waals surface area contributed by atoms with Gasteiger partial charge in [-0.2, -0.15) is 5.10 Å². The summed E-state index contributed by atoms with van der Waals surface area (Å²) >= 11 is 6.08. The number of aromatic nitrogens is 2. The monoisotopic (exact) mass is 490 g/mol. The van der Waals surface area contributed by atoms with Crippen LogP contribution in [0.3, 0.4) is 0 Å². The number of rotatable bonds is 6. The van der Waals surface area contributed by atoms with Crippen molar-refractivity contribution in [3.8, 4) is 0 Å². The first-order chi connectivity index (χ1) is 11.9. The van der Waals surface area contributed by atoms with Crippen molar-refractivity contribution in [1.82, 2.24) is 25.3 Å². The molecule has 8 heteroatoms. The number of benzene rings is 1. The molecular weight excluding hydrogens is 463 g/mol. The molecule has 2 N–H and O–H groups in total. The fourth-order valence-corrected chi connectivity index (χ4v) is 2.86. The number of guanidine groups is 1. The molecule has 0 saturated carbocycles. The smallest absolute Gasteiger partial charge is 0.191 e. The summed E-state index contributed by atoms with van der Waals surface area (Å²) in [6, 6.07) is 8.14. The molecule has 144 valence electrons. The van der Waals surface area contributed by atoms with Gasteiger partial charge in [-0.25, -0.2) is 0 Å². The van der Waals surface area contributed by atoms with E-state index < -0.39 is 0 Å². The van der Waals surface area contributed by atoms with E-state index in [-0.39, 0.29) is 36.1 Å². The minimum Gasteiger partial charge on any atom is -0.354 e. The van der Waals surface area contributed by atoms with Gasteiger partial charge >= 0.3 is 0 Å². The Bertz CT molecular complexity index is 715. The molecule has 0 radical (unpaired) electrons. The normalized spacial score (nSPS) is 13.9. The van der Waals surface area contributed by atoms with Gasteiger partial charge in [-0.15, -0.1) is 24.0 Å². The van der Waals surface area contributed by atoms with Gasteiger partial charge in [-0.3, -0.25) is 9.67 Å². The third kappa shape index (κ3) is 6.44. The Morgan fingerprint density at radius 2 is 2.08 bits per heavy atom. The first kappa shape index (κ1) is 22.7. The molecule has 0 fully saturated rings. The first-order valence-corrected chi connectivity index (χ1v) is 8.66. The Hall–Kier alpha value is -1.32. The topological polar surface area (TPSA) is 57.5 Å². The first-order valence-electron chi connectivity index (χ1n) is 8.28. The molecule has 26 heavy (non-hydrogen) atoms. The molecule has 0 aliphatic heterocycles. The van der Waals surface area contributed by atoms with Crippen molar-refractivity contribution < 1.29 is 0 Å². The third-order valence-electron chi connectivity index (χ3n) is 4.12. The van der Waals surface area contributed by atoms with Crippen molar-refractivity contribution in [2.24, 2.45) is 12.0 Å². The van der Waals surface area contributed by atoms with Crippen LogP contribution in [-0.2, 0) is 7.05 Å². The van der Waals surface area contributed by atoms with Gasteiger partial charge in [0.05, 0.1) is 18.3 Å². The van der Waals surface area contributed by atoms with Crippen LogP contribution in [0.15, 0.2) is 41.7 Å². The van der Waals surface area contributed by atoms with Crippen LogP contribution in [0.1, 0.15) is 30.1 Å². The molecule has 1 aromatic heterocycles. The Morgan fingerprint density at radius 1 is 1.35 bits per heavy atom. The maximum atomic E-state index is 6.08. The van der Waals surface area contributed by atoms with E-state index in [1.54, 1.807) is 7.05 Å². The molecule has 0 amide bonds. The van der Waals surface area contributed by atoms with Crippen LogP contribution in [0, 0.1) is 0 Å². The molecule has 1 aromatic carbocycles. The molecule has 0 bridgehead atoms. The highest BCUT2D eigenvalue weighted by Crippen LogP contribution is 2.18. The van der Waals surface area contributed by atoms with Crippen LogP contribution in [0.5, 0.6) is 0 Å². The molecule has 0 aliphatic carbocycles. The van der Waals surface area contributed by atoms with E-state index in [2.05, 4.69) is 52.7 Å². The third-order valence-corrected chi connectivity index (χ3v) is 4.36. The summed E-state index contributed by atoms with van der Waals surface area (Å²) in [5.41, 5.74) is 2.28. The number of hydrogen-bond donors (Lipinski definition) is 2. The number of hydrogen-bond acceptors (Lipinski definition) is 3. The van der Waals surface area contributed by atoms with Gasteiger partial charge in [0.1, 0.15) is 0 Å². The highest BCUT2D eigenvalue weighted by Gasteiger charge is 2.17. The minimum absolute atomic E-state index is 0. The molecule has 0 saturated heterocycles. The highest BCUT2D eigenvalue weighted by atomic mass is 127. The number of likely N-dealkylation sites (N-methyl/N-ethyl adjacent to an activating group) is 1. The minimum atomic E-state index is 0. The zero-order valence-electron chi connectivity index (χ0n) is 15.9. The lowest BCUT2D eigenvalue weighted by Crippen LogP contribution is -2.42. The largest absolute Gasteiger partial charge is 0.354 e. The average Bonchev–Trinajstić information content (AvgIpc) is 2.99. The van der Waals surface area contributed by atoms with E-state index in [9.17, 15) is 0 Å². The van der Waals surface area contributed by atoms with Crippen molar-refractivity contribution in [2.75, 3.05) is 27.7 Å². The van der Waals surface area contributed by atoms with Gasteiger partial charge in [-0.1, -0.05) is 23.7 Å². The summed E-state index contributed by atoms with van der Waals surface area (Å²) in [5, 5.41) is 11.8. The molecule has 6 nitrogen and oxygen atoms in total. The Labute approximate surface area is 178 Å². The van der Waals surface area contributed by atoms with Crippen molar-refractivity contribution in [1.29, 1.82) is 0 Å². The zero-order chi connectivity index (χ0) is 18.4. The quantitative estimate of drug-likeness (QED) is 0.371. The maximum absolute atomic E-state index is 6.08. The Balaban J connectivity index is 0.00000338. The molecule has 2 atom stereocenters. The number of aliphatic imine (C=N–C) groups is 1. The summed E-state index contributed by atoms with van der Waals surface area (Å²) in [6.45, 7) is 2.81. The zero-order valence-corrected chi connectivity index (χ0v) is 19.0. The van der Waals surface area contributed by atoms with Crippen molar-refractivity contribution in [3.63, 3.8) is 0 Å². The summed E-state index contributed by atoms with van der Waals surface area (Å²) in [5.74, 6) is 0.753. The highest BCUT2D eigenvalue weighted by molar-refractivity contribution is 14.0. The van der Waals surface area contributed by atoms with E-state index in [1.807, 2.05) is 42.3 Å². The van der Waals surface area contributed by atoms with Crippen LogP contribution in [0.2, 0.25) is 5.02 Å². The van der Waals surface area contributed by atoms with E-state index in [1.165, 1.54) is 5.56 Å². The van der Waals surface area contributed by atoms with Crippen molar-refractivity contribution in [2.45, 2.75) is 19.0 Å². The molecule has 2 rings (SSSR count). The van der Waals surface area contributed by atoms with Gasteiger partial charge in [0.2, 0.25) is 0 Å². The Kier molecular flexibility index (Phi) is 9.38. The molecule has 2 aromatic rings. The van der Waals surface area contributed by atoms with E-state index in [0.29, 0.717) is 0 Å². The van der Waals surface area contributed by atoms with Crippen molar-refractivity contribution in [3.05, 3.63) is 52.8 Å². The molecule has 0 spiro atoms. The standard InChI is InChI=1S/C18H27ClN6.HI/c1-13(14-7-6-8-16(19)9-14)23-18(20-2)21-11-17(24(3)4)15-10-22-25(5)12-15;/h6-10,12-13,17H,11H2,1-5H3,(H2,20,21,23);1H. The summed E-state index contributed by atoms with van der Waals surface area (Å²) in [6.07, 6.45) is 3.94. The van der Waals surface area contributed by atoms with E-state index >= 15 is 0 Å². The molecule has 0 aliphatic rings. The lowest BCUT2D eigenvalue weighted by molar-refractivity contribution is 0.298. The van der Waals surface area contributed by atoms with Crippen LogP contribution >= 0.6 is 35.6 Å². The van der Waals surface area contributed by atoms with Crippen LogP contribution in [0.25, 0.3) is 0 Å². The van der Waals surface area contributed by atoms with E-state index in [0.717, 1.165) is 23.1 Å². The van der Waals surface area contributed by atoms with Gasteiger partial charge in [0.25, 0.3) is 0 Å². The molecule has 1 heterocycles. The Morgan fingerprint density at radius 3 is 2.62 bits per heavy atom. The summed E-state index contributed by atoms with van der Waals surface area (Å²) in [4.78, 5) is 6.49. The molecular formula is C18H28ClIN6. The summed E-state index contributed by atoms with van der Waals surface area (Å²) < 4.78 is 1.82. The fourth-order valence-electron chi connectivity index (χ4n) is 2.66. The fraction of sp³-hybridized carbons (Fsp3) is 0.444. The second kappa shape index (κ2) is 10.7. The predicted molar refractivity (Wildman–Crippen MR) is 119 cm³/mol. The van der Waals surface area contributed by atoms with Crippen molar-refractivity contribution >= 4 is 41.5 Å². The molecule has 2 unspecified atom stereocenters. The summed E-state index contributed by atoms with van der Waals surface area (Å²) in [7, 11) is 7.82. The average molecular weight is 491 g/mol. The van der Waals surface area contributed by atoms with Gasteiger partial charge in [-0.05, 0) is 38.7 Å². The van der Waals surface area contributed by atoms with Crippen LogP contribution in [0.4, 0.5) is 0 Å². The number of aryl methyl sites for hydroxylation is 1. The van der Waals surface area contributed by atoms with Crippen LogP contribution in [-0.4, -0.2) is 48.3 Å². The second-order valence-corrected chi connectivity index (χ2v) is 6.74. The maximum Gasteiger partial charge on any atom is 0.191 e. The lowest BCUT2D eigenvalue weighted by Gasteiger charge is -2.25.